The summed E-state index contributed by atoms with van der Waals surface area (Å²) in [5, 5.41) is 17.2. The van der Waals surface area contributed by atoms with Crippen LogP contribution in [0.25, 0.3) is 0 Å². The standard InChI is InChI=1S/C13H14Cl2N2O/c14-9-4-10(15)6-11(5-9)16-12-7-1-2-8(3-7)13(12)17-18/h4-8,12,16,18H,1-3H2. The van der Waals surface area contributed by atoms with Crippen molar-refractivity contribution in [2.75, 3.05) is 5.32 Å². The molecule has 96 valence electrons. The molecule has 0 amide bonds. The lowest BCUT2D eigenvalue weighted by molar-refractivity contribution is 0.312. The molecule has 3 nitrogen and oxygen atoms in total. The summed E-state index contributed by atoms with van der Waals surface area (Å²) in [7, 11) is 0. The lowest BCUT2D eigenvalue weighted by Crippen LogP contribution is -2.35. The second kappa shape index (κ2) is 4.63. The van der Waals surface area contributed by atoms with E-state index in [1.165, 1.54) is 6.42 Å². The minimum Gasteiger partial charge on any atom is -0.411 e. The summed E-state index contributed by atoms with van der Waals surface area (Å²) in [4.78, 5) is 0. The summed E-state index contributed by atoms with van der Waals surface area (Å²) in [6.07, 6.45) is 3.44. The van der Waals surface area contributed by atoms with Crippen LogP contribution in [0.1, 0.15) is 19.3 Å². The van der Waals surface area contributed by atoms with Crippen molar-refractivity contribution in [3.63, 3.8) is 0 Å². The molecular weight excluding hydrogens is 271 g/mol. The van der Waals surface area contributed by atoms with Crippen molar-refractivity contribution in [3.8, 4) is 0 Å². The van der Waals surface area contributed by atoms with E-state index in [1.54, 1.807) is 6.07 Å². The van der Waals surface area contributed by atoms with Gasteiger partial charge < -0.3 is 10.5 Å². The van der Waals surface area contributed by atoms with Crippen LogP contribution < -0.4 is 5.32 Å². The highest BCUT2D eigenvalue weighted by atomic mass is 35.5. The van der Waals surface area contributed by atoms with Gasteiger partial charge in [-0.15, -0.1) is 0 Å². The molecule has 2 aliphatic carbocycles. The maximum atomic E-state index is 9.14. The first-order valence-corrected chi connectivity index (χ1v) is 6.87. The molecule has 2 N–H and O–H groups in total. The van der Waals surface area contributed by atoms with Gasteiger partial charge in [0, 0.05) is 21.7 Å². The van der Waals surface area contributed by atoms with Gasteiger partial charge in [0.15, 0.2) is 0 Å². The van der Waals surface area contributed by atoms with Crippen molar-refractivity contribution in [2.45, 2.75) is 25.3 Å². The van der Waals surface area contributed by atoms with Crippen molar-refractivity contribution in [1.29, 1.82) is 0 Å². The Balaban J connectivity index is 1.84. The fourth-order valence-electron chi connectivity index (χ4n) is 3.24. The molecular formula is C13H14Cl2N2O. The Morgan fingerprint density at radius 1 is 1.17 bits per heavy atom. The molecule has 1 aromatic rings. The molecule has 3 rings (SSSR count). The van der Waals surface area contributed by atoms with E-state index in [4.69, 9.17) is 28.4 Å². The van der Waals surface area contributed by atoms with Crippen LogP contribution in [-0.4, -0.2) is 17.0 Å². The fourth-order valence-corrected chi connectivity index (χ4v) is 3.76. The van der Waals surface area contributed by atoms with Crippen LogP contribution >= 0.6 is 23.2 Å². The number of hydrogen-bond acceptors (Lipinski definition) is 3. The van der Waals surface area contributed by atoms with E-state index >= 15 is 0 Å². The third-order valence-electron chi connectivity index (χ3n) is 3.98. The minimum atomic E-state index is 0.114. The van der Waals surface area contributed by atoms with Crippen molar-refractivity contribution >= 4 is 34.6 Å². The van der Waals surface area contributed by atoms with Gasteiger partial charge in [0.05, 0.1) is 11.8 Å². The second-order valence-corrected chi connectivity index (χ2v) is 5.95. The summed E-state index contributed by atoms with van der Waals surface area (Å²) in [6.45, 7) is 0. The number of fused-ring (bicyclic) bond motifs is 2. The SMILES string of the molecule is ON=C1C2CCC(C2)C1Nc1cc(Cl)cc(Cl)c1. The summed E-state index contributed by atoms with van der Waals surface area (Å²) in [5.41, 5.74) is 1.76. The Morgan fingerprint density at radius 2 is 1.89 bits per heavy atom. The van der Waals surface area contributed by atoms with E-state index in [0.29, 0.717) is 21.9 Å². The average molecular weight is 285 g/mol. The van der Waals surface area contributed by atoms with Gasteiger partial charge in [0.1, 0.15) is 0 Å². The quantitative estimate of drug-likeness (QED) is 0.636. The number of anilines is 1. The Morgan fingerprint density at radius 3 is 2.56 bits per heavy atom. The van der Waals surface area contributed by atoms with Crippen molar-refractivity contribution in [1.82, 2.24) is 0 Å². The lowest BCUT2D eigenvalue weighted by Gasteiger charge is -2.25. The lowest BCUT2D eigenvalue weighted by atomic mass is 9.93. The normalized spacial score (nSPS) is 32.1. The summed E-state index contributed by atoms with van der Waals surface area (Å²) >= 11 is 12.0. The number of rotatable bonds is 2. The smallest absolute Gasteiger partial charge is 0.0826 e. The molecule has 5 heteroatoms. The third-order valence-corrected chi connectivity index (χ3v) is 4.42. The zero-order chi connectivity index (χ0) is 12.7. The number of halogens is 2. The summed E-state index contributed by atoms with van der Waals surface area (Å²) in [5.74, 6) is 0.991. The molecule has 0 aromatic heterocycles. The molecule has 0 saturated heterocycles. The molecule has 2 fully saturated rings. The van der Waals surface area contributed by atoms with Gasteiger partial charge in [0.2, 0.25) is 0 Å². The van der Waals surface area contributed by atoms with Crippen LogP contribution in [0, 0.1) is 11.8 Å². The van der Waals surface area contributed by atoms with Gasteiger partial charge in [-0.05, 0) is 43.4 Å². The van der Waals surface area contributed by atoms with E-state index in [-0.39, 0.29) is 6.04 Å². The molecule has 0 aliphatic heterocycles. The number of benzene rings is 1. The van der Waals surface area contributed by atoms with E-state index < -0.39 is 0 Å². The molecule has 3 unspecified atom stereocenters. The van der Waals surface area contributed by atoms with Crippen molar-refractivity contribution < 1.29 is 5.21 Å². The van der Waals surface area contributed by atoms with Crippen LogP contribution in [0.2, 0.25) is 10.0 Å². The highest BCUT2D eigenvalue weighted by molar-refractivity contribution is 6.35. The van der Waals surface area contributed by atoms with Gasteiger partial charge in [-0.1, -0.05) is 28.4 Å². The number of hydrogen-bond donors (Lipinski definition) is 2. The Kier molecular flexibility index (Phi) is 3.12. The first kappa shape index (κ1) is 12.1. The van der Waals surface area contributed by atoms with Crippen LogP contribution in [0.15, 0.2) is 23.4 Å². The summed E-state index contributed by atoms with van der Waals surface area (Å²) in [6, 6.07) is 5.50. The average Bonchev–Trinajstić information content (AvgIpc) is 2.88. The fraction of sp³-hybridized carbons (Fsp3) is 0.462. The van der Waals surface area contributed by atoms with E-state index in [1.807, 2.05) is 12.1 Å². The van der Waals surface area contributed by atoms with E-state index in [9.17, 15) is 0 Å². The zero-order valence-electron chi connectivity index (χ0n) is 9.74. The van der Waals surface area contributed by atoms with Gasteiger partial charge in [-0.2, -0.15) is 0 Å². The number of nitrogens with one attached hydrogen (secondary N) is 1. The van der Waals surface area contributed by atoms with Crippen molar-refractivity contribution in [3.05, 3.63) is 28.2 Å². The third kappa shape index (κ3) is 2.06. The molecule has 0 radical (unpaired) electrons. The highest BCUT2D eigenvalue weighted by Crippen LogP contribution is 2.44. The molecule has 2 bridgehead atoms. The highest BCUT2D eigenvalue weighted by Gasteiger charge is 2.45. The van der Waals surface area contributed by atoms with Crippen LogP contribution in [-0.2, 0) is 0 Å². The molecule has 0 spiro atoms. The largest absolute Gasteiger partial charge is 0.411 e. The van der Waals surface area contributed by atoms with Gasteiger partial charge in [-0.25, -0.2) is 0 Å². The molecule has 1 aromatic carbocycles. The van der Waals surface area contributed by atoms with Gasteiger partial charge >= 0.3 is 0 Å². The van der Waals surface area contributed by atoms with Crippen LogP contribution in [0.4, 0.5) is 5.69 Å². The molecule has 2 aliphatic rings. The van der Waals surface area contributed by atoms with Gasteiger partial charge in [0.25, 0.3) is 0 Å². The maximum Gasteiger partial charge on any atom is 0.0826 e. The van der Waals surface area contributed by atoms with Crippen LogP contribution in [0.3, 0.4) is 0 Å². The summed E-state index contributed by atoms with van der Waals surface area (Å²) < 4.78 is 0. The predicted octanol–water partition coefficient (Wildman–Crippen LogP) is 4.03. The molecule has 2 saturated carbocycles. The number of oxime groups is 1. The topological polar surface area (TPSA) is 44.6 Å². The second-order valence-electron chi connectivity index (χ2n) is 5.08. The molecule has 3 atom stereocenters. The Bertz CT molecular complexity index is 484. The maximum absolute atomic E-state index is 9.14. The Hall–Kier alpha value is -0.930. The monoisotopic (exact) mass is 284 g/mol. The zero-order valence-corrected chi connectivity index (χ0v) is 11.2. The Labute approximate surface area is 116 Å². The predicted molar refractivity (Wildman–Crippen MR) is 73.9 cm³/mol. The first-order chi connectivity index (χ1) is 8.67. The van der Waals surface area contributed by atoms with E-state index in [2.05, 4.69) is 10.5 Å². The first-order valence-electron chi connectivity index (χ1n) is 6.12. The van der Waals surface area contributed by atoms with Crippen molar-refractivity contribution in [2.24, 2.45) is 17.0 Å². The molecule has 0 heterocycles. The molecule has 18 heavy (non-hydrogen) atoms. The van der Waals surface area contributed by atoms with E-state index in [0.717, 1.165) is 24.2 Å². The van der Waals surface area contributed by atoms with Gasteiger partial charge in [-0.3, -0.25) is 0 Å². The minimum absolute atomic E-state index is 0.114. The number of nitrogens with zero attached hydrogens (tertiary/aromatic N) is 1. The van der Waals surface area contributed by atoms with Crippen LogP contribution in [0.5, 0.6) is 0 Å².